The third kappa shape index (κ3) is 3.19. The highest BCUT2D eigenvalue weighted by molar-refractivity contribution is 5.96. The lowest BCUT2D eigenvalue weighted by Gasteiger charge is -2.42. The Morgan fingerprint density at radius 2 is 1.88 bits per heavy atom. The molecule has 0 spiro atoms. The molecule has 1 saturated heterocycles. The molecule has 5 nitrogen and oxygen atoms in total. The summed E-state index contributed by atoms with van der Waals surface area (Å²) in [7, 11) is 0. The molecule has 3 aliphatic rings. The van der Waals surface area contributed by atoms with Crippen LogP contribution in [0.4, 0.5) is 0 Å². The predicted molar refractivity (Wildman–Crippen MR) is 101 cm³/mol. The van der Waals surface area contributed by atoms with E-state index in [4.69, 9.17) is 4.74 Å². The molecule has 1 amide bonds. The number of carbonyl (C=O) groups excluding carboxylic acids is 1. The van der Waals surface area contributed by atoms with E-state index in [1.807, 2.05) is 17.9 Å². The number of ether oxygens (including phenoxy) is 1. The first-order chi connectivity index (χ1) is 12.6. The molecule has 0 saturated carbocycles. The van der Waals surface area contributed by atoms with Gasteiger partial charge in [-0.15, -0.1) is 0 Å². The molecule has 1 aromatic carbocycles. The van der Waals surface area contributed by atoms with Crippen molar-refractivity contribution >= 4 is 11.7 Å². The van der Waals surface area contributed by atoms with Gasteiger partial charge in [0.05, 0.1) is 6.54 Å². The first kappa shape index (κ1) is 17.0. The molecule has 0 bridgehead atoms. The molecule has 0 aliphatic carbocycles. The molecule has 136 valence electrons. The monoisotopic (exact) mass is 351 g/mol. The second kappa shape index (κ2) is 7.08. The zero-order valence-electron chi connectivity index (χ0n) is 15.4. The minimum Gasteiger partial charge on any atom is -0.381 e. The smallest absolute Gasteiger partial charge is 0.254 e. The van der Waals surface area contributed by atoms with Gasteiger partial charge in [0.25, 0.3) is 5.91 Å². The molecule has 1 fully saturated rings. The molecule has 1 unspecified atom stereocenters. The molecular formula is C21H25N3O2. The van der Waals surface area contributed by atoms with Crippen LogP contribution in [0.25, 0.3) is 0 Å². The Hall–Kier alpha value is -2.40. The van der Waals surface area contributed by atoms with Crippen molar-refractivity contribution in [1.29, 1.82) is 0 Å². The van der Waals surface area contributed by atoms with Crippen molar-refractivity contribution in [3.8, 4) is 0 Å². The average molecular weight is 351 g/mol. The van der Waals surface area contributed by atoms with Crippen LogP contribution in [0.15, 0.2) is 53.4 Å². The maximum atomic E-state index is 13.2. The van der Waals surface area contributed by atoms with Gasteiger partial charge < -0.3 is 14.5 Å². The second-order valence-corrected chi connectivity index (χ2v) is 7.25. The number of rotatable bonds is 3. The van der Waals surface area contributed by atoms with Crippen molar-refractivity contribution in [2.24, 2.45) is 10.9 Å². The molecule has 4 rings (SSSR count). The minimum atomic E-state index is -0.292. The van der Waals surface area contributed by atoms with E-state index in [1.165, 1.54) is 5.56 Å². The van der Waals surface area contributed by atoms with E-state index in [2.05, 4.69) is 47.3 Å². The van der Waals surface area contributed by atoms with Gasteiger partial charge >= 0.3 is 0 Å². The van der Waals surface area contributed by atoms with Crippen LogP contribution < -0.4 is 0 Å². The number of carbonyl (C=O) groups is 1. The van der Waals surface area contributed by atoms with Crippen LogP contribution in [0.5, 0.6) is 0 Å². The van der Waals surface area contributed by atoms with Gasteiger partial charge in [-0.3, -0.25) is 4.79 Å². The number of hydrogen-bond donors (Lipinski definition) is 0. The lowest BCUT2D eigenvalue weighted by molar-refractivity contribution is -0.133. The highest BCUT2D eigenvalue weighted by Gasteiger charge is 2.38. The van der Waals surface area contributed by atoms with Crippen molar-refractivity contribution in [1.82, 2.24) is 9.80 Å². The van der Waals surface area contributed by atoms with E-state index in [-0.39, 0.29) is 11.9 Å². The Balaban J connectivity index is 1.58. The van der Waals surface area contributed by atoms with Gasteiger partial charge in [0.15, 0.2) is 0 Å². The van der Waals surface area contributed by atoms with Gasteiger partial charge in [0, 0.05) is 37.2 Å². The summed E-state index contributed by atoms with van der Waals surface area (Å²) in [6.45, 7) is 6.21. The van der Waals surface area contributed by atoms with Gasteiger partial charge in [-0.2, -0.15) is 0 Å². The fourth-order valence-electron chi connectivity index (χ4n) is 3.81. The van der Waals surface area contributed by atoms with Crippen molar-refractivity contribution in [2.75, 3.05) is 13.2 Å². The topological polar surface area (TPSA) is 45.1 Å². The van der Waals surface area contributed by atoms with Crippen molar-refractivity contribution in [3.05, 3.63) is 59.6 Å². The predicted octanol–water partition coefficient (Wildman–Crippen LogP) is 3.22. The summed E-state index contributed by atoms with van der Waals surface area (Å²) in [5, 5.41) is 0. The van der Waals surface area contributed by atoms with E-state index in [0.29, 0.717) is 12.5 Å². The molecular weight excluding hydrogens is 326 g/mol. The quantitative estimate of drug-likeness (QED) is 0.840. The van der Waals surface area contributed by atoms with Crippen LogP contribution in [0.1, 0.15) is 30.9 Å². The Morgan fingerprint density at radius 1 is 1.15 bits per heavy atom. The normalized spacial score (nSPS) is 23.6. The fourth-order valence-corrected chi connectivity index (χ4v) is 3.81. The number of allylic oxidation sites excluding steroid dienone is 1. The molecule has 0 radical (unpaired) electrons. The standard InChI is InChI=1S/C21H25N3O2/c1-15-3-5-17(6-4-15)14-23-16(2)13-24-19(21(23)25)7-10-22-20(24)18-8-11-26-12-9-18/h3-7,10,13,18-19H,8-9,11-12,14H2,1-2H3. The lowest BCUT2D eigenvalue weighted by atomic mass is 9.95. The number of nitrogens with zero attached hydrogens (tertiary/aromatic N) is 3. The maximum absolute atomic E-state index is 13.2. The third-order valence-corrected chi connectivity index (χ3v) is 5.36. The number of amidine groups is 1. The fraction of sp³-hybridized carbons (Fsp3) is 0.429. The summed E-state index contributed by atoms with van der Waals surface area (Å²) >= 11 is 0. The summed E-state index contributed by atoms with van der Waals surface area (Å²) in [4.78, 5) is 21.7. The zero-order chi connectivity index (χ0) is 18.1. The minimum absolute atomic E-state index is 0.112. The maximum Gasteiger partial charge on any atom is 0.254 e. The molecule has 0 aromatic heterocycles. The first-order valence-electron chi connectivity index (χ1n) is 9.29. The molecule has 1 aromatic rings. The van der Waals surface area contributed by atoms with E-state index >= 15 is 0 Å². The molecule has 26 heavy (non-hydrogen) atoms. The molecule has 3 aliphatic heterocycles. The number of benzene rings is 1. The van der Waals surface area contributed by atoms with E-state index in [1.54, 1.807) is 6.20 Å². The molecule has 0 N–H and O–H groups in total. The lowest BCUT2D eigenvalue weighted by Crippen LogP contribution is -2.53. The van der Waals surface area contributed by atoms with Crippen LogP contribution >= 0.6 is 0 Å². The number of fused-ring (bicyclic) bond motifs is 1. The van der Waals surface area contributed by atoms with E-state index in [0.717, 1.165) is 43.2 Å². The summed E-state index contributed by atoms with van der Waals surface area (Å²) in [6.07, 6.45) is 7.70. The Bertz CT molecular complexity index is 773. The van der Waals surface area contributed by atoms with Crippen LogP contribution in [0.2, 0.25) is 0 Å². The van der Waals surface area contributed by atoms with E-state index < -0.39 is 0 Å². The zero-order valence-corrected chi connectivity index (χ0v) is 15.4. The molecule has 1 atom stereocenters. The van der Waals surface area contributed by atoms with Crippen molar-refractivity contribution < 1.29 is 9.53 Å². The van der Waals surface area contributed by atoms with Crippen LogP contribution in [0, 0.1) is 12.8 Å². The number of hydrogen-bond acceptors (Lipinski definition) is 4. The van der Waals surface area contributed by atoms with Gasteiger partial charge in [-0.05, 0) is 38.3 Å². The van der Waals surface area contributed by atoms with Gasteiger partial charge in [-0.25, -0.2) is 4.99 Å². The van der Waals surface area contributed by atoms with E-state index in [9.17, 15) is 4.79 Å². The Labute approximate surface area is 154 Å². The second-order valence-electron chi connectivity index (χ2n) is 7.25. The largest absolute Gasteiger partial charge is 0.381 e. The first-order valence-corrected chi connectivity index (χ1v) is 9.29. The van der Waals surface area contributed by atoms with Crippen molar-refractivity contribution in [2.45, 2.75) is 39.3 Å². The highest BCUT2D eigenvalue weighted by Crippen LogP contribution is 2.29. The summed E-state index contributed by atoms with van der Waals surface area (Å²) < 4.78 is 5.48. The summed E-state index contributed by atoms with van der Waals surface area (Å²) in [5.74, 6) is 1.47. The Kier molecular flexibility index (Phi) is 4.64. The number of aryl methyl sites for hydroxylation is 1. The number of aliphatic imine (C=N–C) groups is 1. The SMILES string of the molecule is CC1=CN2C(C3CCOCC3)=NC=CC2C(=O)N1Cc1ccc(C)cc1. The summed E-state index contributed by atoms with van der Waals surface area (Å²) in [5.41, 5.74) is 3.33. The third-order valence-electron chi connectivity index (χ3n) is 5.36. The van der Waals surface area contributed by atoms with Crippen LogP contribution in [0.3, 0.4) is 0 Å². The average Bonchev–Trinajstić information content (AvgIpc) is 2.67. The van der Waals surface area contributed by atoms with Gasteiger partial charge in [0.2, 0.25) is 0 Å². The van der Waals surface area contributed by atoms with Crippen LogP contribution in [-0.4, -0.2) is 40.8 Å². The van der Waals surface area contributed by atoms with Crippen LogP contribution in [-0.2, 0) is 16.1 Å². The molecule has 5 heteroatoms. The van der Waals surface area contributed by atoms with Gasteiger partial charge in [0.1, 0.15) is 11.9 Å². The molecule has 3 heterocycles. The van der Waals surface area contributed by atoms with Crippen molar-refractivity contribution in [3.63, 3.8) is 0 Å². The highest BCUT2D eigenvalue weighted by atomic mass is 16.5. The van der Waals surface area contributed by atoms with Gasteiger partial charge in [-0.1, -0.05) is 29.8 Å². The number of amides is 1. The Morgan fingerprint density at radius 3 is 2.62 bits per heavy atom. The summed E-state index contributed by atoms with van der Waals surface area (Å²) in [6, 6.07) is 8.07.